The summed E-state index contributed by atoms with van der Waals surface area (Å²) in [5.74, 6) is 0.817. The molecule has 8 nitrogen and oxygen atoms in total. The molecule has 1 aliphatic rings. The second-order valence-corrected chi connectivity index (χ2v) is 6.73. The van der Waals surface area contributed by atoms with E-state index in [-0.39, 0.29) is 5.91 Å². The first-order valence-corrected chi connectivity index (χ1v) is 8.76. The maximum Gasteiger partial charge on any atom is 0.275 e. The average molecular weight is 363 g/mol. The molecule has 0 saturated carbocycles. The van der Waals surface area contributed by atoms with Gasteiger partial charge in [0.15, 0.2) is 0 Å². The van der Waals surface area contributed by atoms with Crippen LogP contribution in [-0.4, -0.2) is 32.0 Å². The van der Waals surface area contributed by atoms with Crippen molar-refractivity contribution in [1.82, 2.24) is 19.5 Å². The van der Waals surface area contributed by atoms with Gasteiger partial charge in [-0.05, 0) is 24.6 Å². The normalized spacial score (nSPS) is 13.3. The molecule has 3 heterocycles. The molecular weight excluding hydrogens is 342 g/mol. The van der Waals surface area contributed by atoms with E-state index < -0.39 is 0 Å². The number of hydrogen-bond acceptors (Lipinski definition) is 6. The highest BCUT2D eigenvalue weighted by Crippen LogP contribution is 2.23. The van der Waals surface area contributed by atoms with Gasteiger partial charge >= 0.3 is 0 Å². The number of aromatic nitrogens is 4. The molecule has 0 radical (unpaired) electrons. The van der Waals surface area contributed by atoms with Crippen molar-refractivity contribution in [2.75, 3.05) is 22.5 Å². The molecule has 0 aliphatic carbocycles. The van der Waals surface area contributed by atoms with Gasteiger partial charge in [-0.15, -0.1) is 0 Å². The van der Waals surface area contributed by atoms with Crippen LogP contribution >= 0.6 is 0 Å². The van der Waals surface area contributed by atoms with E-state index in [1.165, 1.54) is 0 Å². The largest absolute Gasteiger partial charge is 0.368 e. The SMILES string of the molecule is Cc1cccc(NC(=O)c2cn(C)c(N3CCc4nc(N)ncc4C3)n2)c1. The van der Waals surface area contributed by atoms with Gasteiger partial charge in [-0.3, -0.25) is 4.79 Å². The van der Waals surface area contributed by atoms with E-state index in [2.05, 4.69) is 25.2 Å². The number of imidazole rings is 1. The molecule has 1 aliphatic heterocycles. The summed E-state index contributed by atoms with van der Waals surface area (Å²) in [6.45, 7) is 3.38. The fourth-order valence-electron chi connectivity index (χ4n) is 3.28. The first-order chi connectivity index (χ1) is 13.0. The minimum Gasteiger partial charge on any atom is -0.368 e. The zero-order valence-electron chi connectivity index (χ0n) is 15.3. The van der Waals surface area contributed by atoms with Gasteiger partial charge in [0.05, 0.1) is 5.69 Å². The Morgan fingerprint density at radius 2 is 2.15 bits per heavy atom. The van der Waals surface area contributed by atoms with Crippen molar-refractivity contribution in [2.45, 2.75) is 19.9 Å². The van der Waals surface area contributed by atoms with E-state index in [1.54, 1.807) is 12.4 Å². The van der Waals surface area contributed by atoms with Gasteiger partial charge in [0, 0.05) is 50.2 Å². The highest BCUT2D eigenvalue weighted by atomic mass is 16.1. The van der Waals surface area contributed by atoms with Crippen LogP contribution in [0.5, 0.6) is 0 Å². The second-order valence-electron chi connectivity index (χ2n) is 6.73. The number of nitrogens with two attached hydrogens (primary N) is 1. The third-order valence-electron chi connectivity index (χ3n) is 4.60. The first-order valence-electron chi connectivity index (χ1n) is 8.76. The Bertz CT molecular complexity index is 1010. The molecule has 138 valence electrons. The smallest absolute Gasteiger partial charge is 0.275 e. The van der Waals surface area contributed by atoms with Gasteiger partial charge in [-0.1, -0.05) is 12.1 Å². The number of rotatable bonds is 3. The summed E-state index contributed by atoms with van der Waals surface area (Å²) in [6.07, 6.45) is 4.27. The molecule has 0 unspecified atom stereocenters. The zero-order valence-corrected chi connectivity index (χ0v) is 15.3. The highest BCUT2D eigenvalue weighted by molar-refractivity contribution is 6.03. The van der Waals surface area contributed by atoms with Gasteiger partial charge in [-0.2, -0.15) is 0 Å². The lowest BCUT2D eigenvalue weighted by Gasteiger charge is -2.28. The van der Waals surface area contributed by atoms with E-state index >= 15 is 0 Å². The van der Waals surface area contributed by atoms with Crippen molar-refractivity contribution in [3.8, 4) is 0 Å². The van der Waals surface area contributed by atoms with E-state index in [4.69, 9.17) is 5.73 Å². The maximum absolute atomic E-state index is 12.6. The number of benzene rings is 1. The van der Waals surface area contributed by atoms with Gasteiger partial charge in [0.25, 0.3) is 5.91 Å². The molecule has 1 amide bonds. The van der Waals surface area contributed by atoms with Crippen LogP contribution < -0.4 is 16.0 Å². The second kappa shape index (κ2) is 6.71. The molecule has 0 atom stereocenters. The van der Waals surface area contributed by atoms with E-state index in [0.717, 1.165) is 41.4 Å². The Labute approximate surface area is 157 Å². The quantitative estimate of drug-likeness (QED) is 0.737. The predicted molar refractivity (Wildman–Crippen MR) is 104 cm³/mol. The number of carbonyl (C=O) groups is 1. The van der Waals surface area contributed by atoms with Gasteiger partial charge < -0.3 is 20.5 Å². The van der Waals surface area contributed by atoms with Crippen molar-refractivity contribution >= 4 is 23.5 Å². The maximum atomic E-state index is 12.6. The van der Waals surface area contributed by atoms with Crippen LogP contribution in [0.4, 0.5) is 17.6 Å². The van der Waals surface area contributed by atoms with Crippen LogP contribution in [-0.2, 0) is 20.0 Å². The number of anilines is 3. The van der Waals surface area contributed by atoms with Crippen molar-refractivity contribution in [2.24, 2.45) is 7.05 Å². The molecule has 1 aromatic carbocycles. The first kappa shape index (κ1) is 17.0. The minimum atomic E-state index is -0.226. The van der Waals surface area contributed by atoms with Crippen molar-refractivity contribution in [3.63, 3.8) is 0 Å². The third kappa shape index (κ3) is 3.46. The summed E-state index contributed by atoms with van der Waals surface area (Å²) in [4.78, 5) is 27.6. The summed E-state index contributed by atoms with van der Waals surface area (Å²) in [6, 6.07) is 7.69. The zero-order chi connectivity index (χ0) is 19.0. The molecule has 4 rings (SSSR count). The topological polar surface area (TPSA) is 102 Å². The van der Waals surface area contributed by atoms with Gasteiger partial charge in [-0.25, -0.2) is 15.0 Å². The molecule has 2 aromatic heterocycles. The van der Waals surface area contributed by atoms with Crippen LogP contribution in [0.25, 0.3) is 0 Å². The molecule has 8 heteroatoms. The average Bonchev–Trinajstić information content (AvgIpc) is 3.03. The molecule has 0 bridgehead atoms. The van der Waals surface area contributed by atoms with Crippen LogP contribution in [0.1, 0.15) is 27.3 Å². The molecule has 0 spiro atoms. The lowest BCUT2D eigenvalue weighted by molar-refractivity contribution is 0.102. The number of fused-ring (bicyclic) bond motifs is 1. The highest BCUT2D eigenvalue weighted by Gasteiger charge is 2.23. The standard InChI is InChI=1S/C19H21N7O/c1-12-4-3-5-14(8-12)22-17(27)16-11-25(2)19(24-16)26-7-6-15-13(10-26)9-21-18(20)23-15/h3-5,8-9,11H,6-7,10H2,1-2H3,(H,22,27)(H2,20,21,23). The third-order valence-corrected chi connectivity index (χ3v) is 4.60. The Kier molecular flexibility index (Phi) is 4.23. The molecule has 3 aromatic rings. The summed E-state index contributed by atoms with van der Waals surface area (Å²) < 4.78 is 1.87. The number of carbonyl (C=O) groups excluding carboxylic acids is 1. The van der Waals surface area contributed by atoms with Crippen LogP contribution in [0.2, 0.25) is 0 Å². The number of aryl methyl sites for hydroxylation is 2. The summed E-state index contributed by atoms with van der Waals surface area (Å²) in [5, 5.41) is 2.90. The van der Waals surface area contributed by atoms with Crippen LogP contribution in [0.3, 0.4) is 0 Å². The molecule has 27 heavy (non-hydrogen) atoms. The van der Waals surface area contributed by atoms with E-state index in [9.17, 15) is 4.79 Å². The van der Waals surface area contributed by atoms with E-state index in [0.29, 0.717) is 18.2 Å². The van der Waals surface area contributed by atoms with Crippen molar-refractivity contribution in [3.05, 3.63) is 59.2 Å². The molecule has 0 saturated heterocycles. The fraction of sp³-hybridized carbons (Fsp3) is 0.263. The van der Waals surface area contributed by atoms with Crippen LogP contribution in [0.15, 0.2) is 36.7 Å². The minimum absolute atomic E-state index is 0.226. The number of nitrogen functional groups attached to an aromatic ring is 1. The van der Waals surface area contributed by atoms with Gasteiger partial charge in [0.1, 0.15) is 5.69 Å². The summed E-state index contributed by atoms with van der Waals surface area (Å²) in [5.41, 5.74) is 9.90. The Morgan fingerprint density at radius 3 is 2.96 bits per heavy atom. The van der Waals surface area contributed by atoms with Gasteiger partial charge in [0.2, 0.25) is 11.9 Å². The number of amides is 1. The lowest BCUT2D eigenvalue weighted by Crippen LogP contribution is -2.33. The monoisotopic (exact) mass is 363 g/mol. The molecule has 0 fully saturated rings. The van der Waals surface area contributed by atoms with E-state index in [1.807, 2.05) is 42.8 Å². The summed E-state index contributed by atoms with van der Waals surface area (Å²) in [7, 11) is 1.89. The number of hydrogen-bond donors (Lipinski definition) is 2. The number of nitrogens with zero attached hydrogens (tertiary/aromatic N) is 5. The Hall–Kier alpha value is -3.42. The fourth-order valence-corrected chi connectivity index (χ4v) is 3.28. The number of nitrogens with one attached hydrogen (secondary N) is 1. The summed E-state index contributed by atoms with van der Waals surface area (Å²) >= 11 is 0. The van der Waals surface area contributed by atoms with Crippen molar-refractivity contribution < 1.29 is 4.79 Å². The Balaban J connectivity index is 1.53. The molecular formula is C19H21N7O. The molecule has 3 N–H and O–H groups in total. The predicted octanol–water partition coefficient (Wildman–Crippen LogP) is 1.92. The van der Waals surface area contributed by atoms with Crippen molar-refractivity contribution in [1.29, 1.82) is 0 Å². The Morgan fingerprint density at radius 1 is 1.30 bits per heavy atom. The lowest BCUT2D eigenvalue weighted by atomic mass is 10.1. The van der Waals surface area contributed by atoms with Crippen LogP contribution in [0, 0.1) is 6.92 Å².